The first kappa shape index (κ1) is 42.7. The van der Waals surface area contributed by atoms with Crippen molar-refractivity contribution in [1.29, 1.82) is 0 Å². The maximum absolute atomic E-state index is 14.0. The minimum absolute atomic E-state index is 0.0776. The number of benzene rings is 1. The second-order valence-electron chi connectivity index (χ2n) is 14.0. The zero-order valence-corrected chi connectivity index (χ0v) is 31.6. The number of thioether (sulfide) groups is 1. The Morgan fingerprint density at radius 3 is 2.31 bits per heavy atom. The third-order valence-electron chi connectivity index (χ3n) is 9.60. The lowest BCUT2D eigenvalue weighted by Gasteiger charge is -2.35. The largest absolute Gasteiger partial charge is 0.462 e. The second-order valence-corrected chi connectivity index (χ2v) is 15.1. The van der Waals surface area contributed by atoms with Crippen LogP contribution in [0.2, 0.25) is 0 Å². The van der Waals surface area contributed by atoms with E-state index in [1.54, 1.807) is 0 Å². The Bertz CT molecular complexity index is 1180. The Morgan fingerprint density at radius 1 is 0.961 bits per heavy atom. The van der Waals surface area contributed by atoms with Crippen LogP contribution in [0.25, 0.3) is 0 Å². The summed E-state index contributed by atoms with van der Waals surface area (Å²) in [6.07, 6.45) is 5.53. The van der Waals surface area contributed by atoms with Gasteiger partial charge in [0.05, 0.1) is 31.3 Å². The fraction of sp³-hybridized carbons (Fsp3) is 0.737. The van der Waals surface area contributed by atoms with Crippen LogP contribution in [-0.2, 0) is 39.8 Å². The Kier molecular flexibility index (Phi) is 19.9. The van der Waals surface area contributed by atoms with Crippen LogP contribution in [-0.4, -0.2) is 120 Å². The Labute approximate surface area is 308 Å². The summed E-state index contributed by atoms with van der Waals surface area (Å²) in [4.78, 5) is 53.1. The van der Waals surface area contributed by atoms with Crippen molar-refractivity contribution in [3.05, 3.63) is 35.9 Å². The van der Waals surface area contributed by atoms with E-state index in [2.05, 4.69) is 15.5 Å². The summed E-state index contributed by atoms with van der Waals surface area (Å²) in [5.74, 6) is -1.09. The van der Waals surface area contributed by atoms with Gasteiger partial charge in [-0.2, -0.15) is 11.8 Å². The minimum atomic E-state index is -1.17. The van der Waals surface area contributed by atoms with Crippen LogP contribution < -0.4 is 10.6 Å². The molecule has 0 bridgehead atoms. The molecule has 12 nitrogen and oxygen atoms in total. The van der Waals surface area contributed by atoms with Crippen molar-refractivity contribution in [3.63, 3.8) is 0 Å². The van der Waals surface area contributed by atoms with Crippen LogP contribution in [0.3, 0.4) is 0 Å². The summed E-state index contributed by atoms with van der Waals surface area (Å²) in [6, 6.07) is 8.15. The Morgan fingerprint density at radius 2 is 1.67 bits per heavy atom. The molecule has 3 rings (SSSR count). The number of hydrogen-bond donors (Lipinski definition) is 4. The van der Waals surface area contributed by atoms with Crippen molar-refractivity contribution < 1.29 is 43.6 Å². The number of nitrogens with zero attached hydrogens (tertiary/aromatic N) is 1. The van der Waals surface area contributed by atoms with Gasteiger partial charge >= 0.3 is 11.9 Å². The van der Waals surface area contributed by atoms with Crippen molar-refractivity contribution in [3.8, 4) is 0 Å². The average Bonchev–Trinajstić information content (AvgIpc) is 3.12. The highest BCUT2D eigenvalue weighted by atomic mass is 32.2. The van der Waals surface area contributed by atoms with Crippen molar-refractivity contribution in [2.24, 2.45) is 11.8 Å². The molecule has 2 aliphatic rings. The molecule has 1 saturated carbocycles. The lowest BCUT2D eigenvalue weighted by Crippen LogP contribution is -2.57. The second kappa shape index (κ2) is 23.8. The first-order valence-electron chi connectivity index (χ1n) is 18.7. The molecule has 0 spiro atoms. The summed E-state index contributed by atoms with van der Waals surface area (Å²) in [5, 5.41) is 28.7. The van der Waals surface area contributed by atoms with Gasteiger partial charge in [-0.05, 0) is 30.7 Å². The number of amides is 2. The summed E-state index contributed by atoms with van der Waals surface area (Å²) in [6.45, 7) is 7.32. The van der Waals surface area contributed by atoms with E-state index < -0.39 is 48.3 Å². The number of morpholine rings is 1. The molecule has 1 aliphatic carbocycles. The molecule has 2 fully saturated rings. The molecule has 1 aromatic rings. The first-order valence-corrected chi connectivity index (χ1v) is 19.9. The molecule has 288 valence electrons. The molecule has 6 atom stereocenters. The predicted octanol–water partition coefficient (Wildman–Crippen LogP) is 3.26. The van der Waals surface area contributed by atoms with E-state index in [0.717, 1.165) is 37.7 Å². The minimum Gasteiger partial charge on any atom is -0.462 e. The summed E-state index contributed by atoms with van der Waals surface area (Å²) < 4.78 is 15.8. The third kappa shape index (κ3) is 16.7. The van der Waals surface area contributed by atoms with Gasteiger partial charge in [0.25, 0.3) is 0 Å². The van der Waals surface area contributed by atoms with E-state index in [-0.39, 0.29) is 25.0 Å². The smallest absolute Gasteiger partial charge is 0.303 e. The van der Waals surface area contributed by atoms with Gasteiger partial charge in [-0.15, -0.1) is 0 Å². The highest BCUT2D eigenvalue weighted by Gasteiger charge is 2.34. The molecule has 4 N–H and O–H groups in total. The topological polar surface area (TPSA) is 164 Å². The van der Waals surface area contributed by atoms with Crippen LogP contribution in [0.15, 0.2) is 30.3 Å². The molecule has 1 aliphatic heterocycles. The number of carbonyl (C=O) groups excluding carboxylic acids is 4. The number of ether oxygens (including phenoxy) is 3. The molecule has 0 radical (unpaired) electrons. The van der Waals surface area contributed by atoms with E-state index in [4.69, 9.17) is 14.2 Å². The summed E-state index contributed by atoms with van der Waals surface area (Å²) >= 11 is 1.41. The SMILES string of the molecule is CCCC[C@H](NC(=O)[C@@H](CSCC(COC(C)=O)OC(C)=O)Cc1ccccc1)C(=O)N[C@@H](CC1CCCCC1)[C@@H](O)[C@@H](O)CN1CCOCC1. The van der Waals surface area contributed by atoms with E-state index in [1.165, 1.54) is 32.0 Å². The van der Waals surface area contributed by atoms with Crippen LogP contribution in [0.5, 0.6) is 0 Å². The van der Waals surface area contributed by atoms with E-state index in [9.17, 15) is 29.4 Å². The zero-order chi connectivity index (χ0) is 37.0. The number of unbranched alkanes of at least 4 members (excludes halogenated alkanes) is 1. The van der Waals surface area contributed by atoms with Gasteiger partial charge < -0.3 is 35.1 Å². The van der Waals surface area contributed by atoms with Crippen molar-refractivity contribution in [2.45, 2.75) is 115 Å². The number of aliphatic hydroxyl groups excluding tert-OH is 2. The van der Waals surface area contributed by atoms with Gasteiger partial charge in [-0.3, -0.25) is 24.1 Å². The number of aliphatic hydroxyl groups is 2. The van der Waals surface area contributed by atoms with E-state index in [1.807, 2.05) is 37.3 Å². The molecule has 13 heteroatoms. The lowest BCUT2D eigenvalue weighted by molar-refractivity contribution is -0.154. The maximum atomic E-state index is 14.0. The highest BCUT2D eigenvalue weighted by molar-refractivity contribution is 7.99. The molecule has 1 unspecified atom stereocenters. The lowest BCUT2D eigenvalue weighted by atomic mass is 9.83. The fourth-order valence-corrected chi connectivity index (χ4v) is 7.89. The van der Waals surface area contributed by atoms with Gasteiger partial charge in [0.2, 0.25) is 11.8 Å². The quantitative estimate of drug-likeness (QED) is 0.129. The van der Waals surface area contributed by atoms with Crippen LogP contribution >= 0.6 is 11.8 Å². The monoisotopic (exact) mass is 735 g/mol. The molecule has 1 saturated heterocycles. The van der Waals surface area contributed by atoms with Crippen LogP contribution in [0.1, 0.15) is 84.1 Å². The first-order chi connectivity index (χ1) is 24.5. The van der Waals surface area contributed by atoms with Gasteiger partial charge in [0.15, 0.2) is 0 Å². The number of hydrogen-bond acceptors (Lipinski definition) is 11. The molecule has 0 aromatic heterocycles. The molecule has 2 amide bonds. The standard InChI is InChI=1S/C38H61N3O9S/c1-4-5-16-33(38(47)40-34(22-30-14-10-7-11-15-30)36(45)35(44)23-41-17-19-48-20-18-41)39-37(46)31(21-29-12-8-6-9-13-29)25-51-26-32(50-28(3)43)24-49-27(2)42/h6,8-9,12-13,30-36,44-45H,4-5,7,10-11,14-26H2,1-3H3,(H,39,46)(H,40,47)/t31-,32?,33+,34+,35+,36-/m1/s1. The van der Waals surface area contributed by atoms with E-state index in [0.29, 0.717) is 69.4 Å². The van der Waals surface area contributed by atoms with Crippen LogP contribution in [0.4, 0.5) is 0 Å². The fourth-order valence-electron chi connectivity index (χ4n) is 6.77. The van der Waals surface area contributed by atoms with Crippen LogP contribution in [0, 0.1) is 11.8 Å². The Balaban J connectivity index is 1.74. The normalized spacial score (nSPS) is 19.2. The maximum Gasteiger partial charge on any atom is 0.303 e. The van der Waals surface area contributed by atoms with Gasteiger partial charge in [0.1, 0.15) is 24.9 Å². The molecular formula is C38H61N3O9S. The summed E-state index contributed by atoms with van der Waals surface area (Å²) in [7, 11) is 0. The molecular weight excluding hydrogens is 674 g/mol. The number of β-amino-alcohol motifs (C(OH)–C–C–N with tert-alkyl or cyclic N) is 1. The van der Waals surface area contributed by atoms with Gasteiger partial charge in [-0.1, -0.05) is 82.2 Å². The van der Waals surface area contributed by atoms with Crippen molar-refractivity contribution in [2.75, 3.05) is 51.0 Å². The zero-order valence-electron chi connectivity index (χ0n) is 30.8. The Hall–Kier alpha value is -2.71. The average molecular weight is 736 g/mol. The van der Waals surface area contributed by atoms with Gasteiger partial charge in [-0.25, -0.2) is 0 Å². The number of nitrogens with one attached hydrogen (secondary N) is 2. The van der Waals surface area contributed by atoms with Crippen molar-refractivity contribution >= 4 is 35.5 Å². The number of rotatable bonds is 22. The van der Waals surface area contributed by atoms with Crippen molar-refractivity contribution in [1.82, 2.24) is 15.5 Å². The van der Waals surface area contributed by atoms with Gasteiger partial charge in [0, 0.05) is 45.0 Å². The van der Waals surface area contributed by atoms with E-state index >= 15 is 0 Å². The number of esters is 2. The molecule has 1 heterocycles. The predicted molar refractivity (Wildman–Crippen MR) is 197 cm³/mol. The third-order valence-corrected chi connectivity index (χ3v) is 10.8. The number of carbonyl (C=O) groups is 4. The highest BCUT2D eigenvalue weighted by Crippen LogP contribution is 2.29. The summed E-state index contributed by atoms with van der Waals surface area (Å²) in [5.41, 5.74) is 0.967. The molecule has 1 aromatic carbocycles. The molecule has 51 heavy (non-hydrogen) atoms.